The molecule has 2 rings (SSSR count). The zero-order valence-electron chi connectivity index (χ0n) is 14.7. The second-order valence-corrected chi connectivity index (χ2v) is 6.86. The van der Waals surface area contributed by atoms with Crippen LogP contribution in [0.4, 0.5) is 0 Å². The molecule has 0 spiro atoms. The quantitative estimate of drug-likeness (QED) is 0.764. The van der Waals surface area contributed by atoms with E-state index in [1.54, 1.807) is 12.2 Å². The second-order valence-electron chi connectivity index (χ2n) is 5.96. The largest absolute Gasteiger partial charge is 0.480 e. The minimum Gasteiger partial charge on any atom is -0.480 e. The van der Waals surface area contributed by atoms with E-state index < -0.39 is 24.0 Å². The summed E-state index contributed by atoms with van der Waals surface area (Å²) in [6.45, 7) is 2.81. The molecule has 1 aliphatic rings. The first-order valence-electron chi connectivity index (χ1n) is 8.24. The molecular formula is C19H22N2O4S. The summed E-state index contributed by atoms with van der Waals surface area (Å²) >= 11 is 1.48. The van der Waals surface area contributed by atoms with Gasteiger partial charge in [-0.3, -0.25) is 14.5 Å². The van der Waals surface area contributed by atoms with E-state index in [2.05, 4.69) is 5.32 Å². The van der Waals surface area contributed by atoms with E-state index in [0.717, 1.165) is 5.56 Å². The van der Waals surface area contributed by atoms with Gasteiger partial charge in [0.15, 0.2) is 0 Å². The minimum absolute atomic E-state index is 0.290. The number of benzene rings is 1. The smallest absolute Gasteiger partial charge is 0.326 e. The molecule has 1 aromatic carbocycles. The van der Waals surface area contributed by atoms with Crippen molar-refractivity contribution in [3.05, 3.63) is 59.2 Å². The van der Waals surface area contributed by atoms with Gasteiger partial charge in [0.25, 0.3) is 0 Å². The van der Waals surface area contributed by atoms with Crippen molar-refractivity contribution in [3.8, 4) is 0 Å². The highest BCUT2D eigenvalue weighted by atomic mass is 32.2. The van der Waals surface area contributed by atoms with Crippen LogP contribution in [0.1, 0.15) is 19.4 Å². The Hall–Kier alpha value is -2.54. The number of carbonyl (C=O) groups is 3. The molecule has 26 heavy (non-hydrogen) atoms. The third-order valence-corrected chi connectivity index (χ3v) is 4.76. The molecule has 0 fully saturated rings. The molecule has 0 radical (unpaired) electrons. The van der Waals surface area contributed by atoms with Crippen molar-refractivity contribution >= 4 is 29.5 Å². The number of hydrogen-bond donors (Lipinski definition) is 2. The van der Waals surface area contributed by atoms with Gasteiger partial charge in [-0.2, -0.15) is 0 Å². The third-order valence-electron chi connectivity index (χ3n) is 3.94. The Morgan fingerprint density at radius 1 is 1.27 bits per heavy atom. The lowest BCUT2D eigenvalue weighted by atomic mass is 10.0. The summed E-state index contributed by atoms with van der Waals surface area (Å²) < 4.78 is 0. The molecule has 2 N–H and O–H groups in total. The number of aliphatic carboxylic acids is 1. The fraction of sp³-hybridized carbons (Fsp3) is 0.316. The Bertz CT molecular complexity index is 730. The molecule has 0 saturated heterocycles. The topological polar surface area (TPSA) is 86.7 Å². The first-order chi connectivity index (χ1) is 12.4. The zero-order chi connectivity index (χ0) is 19.1. The molecule has 0 saturated carbocycles. The van der Waals surface area contributed by atoms with Crippen molar-refractivity contribution in [2.24, 2.45) is 0 Å². The summed E-state index contributed by atoms with van der Waals surface area (Å²) in [7, 11) is 0. The highest BCUT2D eigenvalue weighted by Gasteiger charge is 2.34. The van der Waals surface area contributed by atoms with Crippen LogP contribution in [0.25, 0.3) is 0 Å². The molecule has 1 aliphatic heterocycles. The number of thioether (sulfide) groups is 1. The van der Waals surface area contributed by atoms with Gasteiger partial charge < -0.3 is 10.4 Å². The summed E-state index contributed by atoms with van der Waals surface area (Å²) in [5, 5.41) is 14.0. The number of carbonyl (C=O) groups excluding carboxylic acids is 2. The van der Waals surface area contributed by atoms with Gasteiger partial charge in [0.2, 0.25) is 11.8 Å². The Labute approximate surface area is 157 Å². The van der Waals surface area contributed by atoms with Gasteiger partial charge in [-0.1, -0.05) is 36.4 Å². The van der Waals surface area contributed by atoms with Gasteiger partial charge in [-0.15, -0.1) is 11.8 Å². The summed E-state index contributed by atoms with van der Waals surface area (Å²) in [6, 6.07) is 7.44. The molecule has 1 heterocycles. The van der Waals surface area contributed by atoms with Crippen LogP contribution in [0.2, 0.25) is 0 Å². The van der Waals surface area contributed by atoms with Crippen LogP contribution in [0.5, 0.6) is 0 Å². The van der Waals surface area contributed by atoms with Crippen LogP contribution >= 0.6 is 11.8 Å². The maximum atomic E-state index is 13.2. The van der Waals surface area contributed by atoms with Crippen LogP contribution in [-0.2, 0) is 20.8 Å². The first-order valence-corrected chi connectivity index (χ1v) is 9.29. The average Bonchev–Trinajstić information content (AvgIpc) is 2.62. The lowest BCUT2D eigenvalue weighted by molar-refractivity contribution is -0.148. The van der Waals surface area contributed by atoms with Crippen LogP contribution in [0, 0.1) is 0 Å². The number of amides is 2. The molecule has 0 aliphatic carbocycles. The molecule has 138 valence electrons. The number of carboxylic acid groups (broad SMARTS) is 1. The average molecular weight is 374 g/mol. The van der Waals surface area contributed by atoms with E-state index >= 15 is 0 Å². The summed E-state index contributed by atoms with van der Waals surface area (Å²) in [4.78, 5) is 37.7. The van der Waals surface area contributed by atoms with E-state index in [1.807, 2.05) is 35.7 Å². The maximum absolute atomic E-state index is 13.2. The molecule has 7 heteroatoms. The van der Waals surface area contributed by atoms with E-state index in [4.69, 9.17) is 0 Å². The Kier molecular flexibility index (Phi) is 7.03. The van der Waals surface area contributed by atoms with Gasteiger partial charge in [0.05, 0.1) is 0 Å². The third kappa shape index (κ3) is 5.23. The van der Waals surface area contributed by atoms with E-state index in [0.29, 0.717) is 17.9 Å². The number of nitrogens with one attached hydrogen (secondary N) is 1. The van der Waals surface area contributed by atoms with Gasteiger partial charge >= 0.3 is 5.97 Å². The van der Waals surface area contributed by atoms with Crippen molar-refractivity contribution < 1.29 is 19.5 Å². The summed E-state index contributed by atoms with van der Waals surface area (Å²) in [5.74, 6) is -1.37. The normalized spacial score (nSPS) is 15.5. The molecule has 2 atom stereocenters. The molecule has 1 aromatic rings. The van der Waals surface area contributed by atoms with Gasteiger partial charge in [0.1, 0.15) is 12.1 Å². The fourth-order valence-corrected chi connectivity index (χ4v) is 3.38. The van der Waals surface area contributed by atoms with E-state index in [9.17, 15) is 19.5 Å². The van der Waals surface area contributed by atoms with Gasteiger partial charge in [-0.05, 0) is 24.0 Å². The van der Waals surface area contributed by atoms with Crippen LogP contribution in [-0.4, -0.2) is 45.6 Å². The predicted octanol–water partition coefficient (Wildman–Crippen LogP) is 2.18. The second kappa shape index (κ2) is 9.24. The Morgan fingerprint density at radius 2 is 1.96 bits per heavy atom. The number of carboxylic acids is 1. The maximum Gasteiger partial charge on any atom is 0.326 e. The minimum atomic E-state index is -1.10. The Morgan fingerprint density at radius 3 is 2.50 bits per heavy atom. The zero-order valence-corrected chi connectivity index (χ0v) is 15.5. The predicted molar refractivity (Wildman–Crippen MR) is 101 cm³/mol. The monoisotopic (exact) mass is 374 g/mol. The number of allylic oxidation sites excluding steroid dienone is 2. The lowest BCUT2D eigenvalue weighted by Crippen LogP contribution is -2.53. The van der Waals surface area contributed by atoms with Gasteiger partial charge in [-0.25, -0.2) is 4.79 Å². The molecule has 0 aromatic heterocycles. The van der Waals surface area contributed by atoms with Gasteiger partial charge in [0, 0.05) is 24.8 Å². The van der Waals surface area contributed by atoms with Crippen LogP contribution < -0.4 is 5.32 Å². The number of rotatable bonds is 7. The first kappa shape index (κ1) is 19.8. The van der Waals surface area contributed by atoms with Crippen LogP contribution in [0.15, 0.2) is 53.6 Å². The summed E-state index contributed by atoms with van der Waals surface area (Å²) in [6.07, 6.45) is 3.81. The van der Waals surface area contributed by atoms with Crippen molar-refractivity contribution in [1.82, 2.24) is 10.2 Å². The molecule has 0 bridgehead atoms. The molecule has 2 unspecified atom stereocenters. The summed E-state index contributed by atoms with van der Waals surface area (Å²) in [5.41, 5.74) is 1.50. The van der Waals surface area contributed by atoms with Crippen LogP contribution in [0.3, 0.4) is 0 Å². The SMILES string of the molecule is CC(=O)NC(Cc1ccccc1)C(=O)N(C1=CC=CSC1)C(C)C(=O)O. The molecular weight excluding hydrogens is 352 g/mol. The fourth-order valence-electron chi connectivity index (χ4n) is 2.69. The van der Waals surface area contributed by atoms with E-state index in [-0.39, 0.29) is 5.91 Å². The van der Waals surface area contributed by atoms with Crippen molar-refractivity contribution in [1.29, 1.82) is 0 Å². The molecule has 6 nitrogen and oxygen atoms in total. The standard InChI is InChI=1S/C19H22N2O4S/c1-13(19(24)25)21(16-9-6-10-26-12-16)18(23)17(20-14(2)22)11-15-7-4-3-5-8-15/h3-10,13,17H,11-12H2,1-2H3,(H,20,22)(H,24,25). The number of hydrogen-bond acceptors (Lipinski definition) is 4. The van der Waals surface area contributed by atoms with Crippen molar-refractivity contribution in [2.45, 2.75) is 32.4 Å². The lowest BCUT2D eigenvalue weighted by Gasteiger charge is -2.33. The Balaban J connectivity index is 2.33. The van der Waals surface area contributed by atoms with Crippen molar-refractivity contribution in [2.75, 3.05) is 5.75 Å². The highest BCUT2D eigenvalue weighted by Crippen LogP contribution is 2.22. The van der Waals surface area contributed by atoms with Crippen molar-refractivity contribution in [3.63, 3.8) is 0 Å². The number of nitrogens with zero attached hydrogens (tertiary/aromatic N) is 1. The highest BCUT2D eigenvalue weighted by molar-refractivity contribution is 8.02. The molecule has 2 amide bonds. The van der Waals surface area contributed by atoms with E-state index in [1.165, 1.54) is 30.5 Å².